The molecule has 1 saturated heterocycles. The molecular weight excluding hydrogens is 478 g/mol. The number of benzene rings is 2. The van der Waals surface area contributed by atoms with Gasteiger partial charge in [-0.2, -0.15) is 0 Å². The van der Waals surface area contributed by atoms with Gasteiger partial charge in [0.05, 0.1) is 17.8 Å². The average Bonchev–Trinajstić information content (AvgIpc) is 2.96. The SMILES string of the molecule is C=CC(=O)Nc1cccc(-c2cccc3cnc(Nc4ccc(N5CCN(CCOC)CC5)cc4)nc23)n1. The summed E-state index contributed by atoms with van der Waals surface area (Å²) >= 11 is 0. The van der Waals surface area contributed by atoms with Gasteiger partial charge in [-0.15, -0.1) is 0 Å². The van der Waals surface area contributed by atoms with Crippen LogP contribution < -0.4 is 15.5 Å². The fourth-order valence-electron chi connectivity index (χ4n) is 4.49. The molecular formula is C29H31N7O2. The highest BCUT2D eigenvalue weighted by Crippen LogP contribution is 2.28. The molecule has 0 aliphatic carbocycles. The standard InChI is InChI=1S/C29H31N7O2/c1-3-27(37)33-26-9-5-8-25(32-26)24-7-4-6-21-20-30-29(34-28(21)24)31-22-10-12-23(13-11-22)36-16-14-35(15-17-36)18-19-38-2/h3-13,20H,1,14-19H2,2H3,(H,30,31,34)(H,32,33,37). The zero-order valence-electron chi connectivity index (χ0n) is 21.4. The molecule has 1 amide bonds. The van der Waals surface area contributed by atoms with Crippen LogP contribution in [0.5, 0.6) is 0 Å². The maximum atomic E-state index is 11.7. The summed E-state index contributed by atoms with van der Waals surface area (Å²) in [6.45, 7) is 9.32. The number of methoxy groups -OCH3 is 1. The van der Waals surface area contributed by atoms with Crippen molar-refractivity contribution < 1.29 is 9.53 Å². The normalized spacial score (nSPS) is 13.9. The van der Waals surface area contributed by atoms with E-state index in [9.17, 15) is 4.79 Å². The van der Waals surface area contributed by atoms with Crippen molar-refractivity contribution in [2.75, 3.05) is 62.0 Å². The highest BCUT2D eigenvalue weighted by atomic mass is 16.5. The molecule has 0 spiro atoms. The number of nitrogens with zero attached hydrogens (tertiary/aromatic N) is 5. The first kappa shape index (κ1) is 25.3. The Labute approximate surface area is 222 Å². The van der Waals surface area contributed by atoms with Crippen molar-refractivity contribution in [2.24, 2.45) is 0 Å². The van der Waals surface area contributed by atoms with E-state index < -0.39 is 0 Å². The van der Waals surface area contributed by atoms with E-state index in [1.165, 1.54) is 11.8 Å². The summed E-state index contributed by atoms with van der Waals surface area (Å²) in [4.78, 5) is 30.5. The molecule has 0 saturated carbocycles. The van der Waals surface area contributed by atoms with Gasteiger partial charge in [0.25, 0.3) is 0 Å². The lowest BCUT2D eigenvalue weighted by atomic mass is 10.1. The number of fused-ring (bicyclic) bond motifs is 1. The van der Waals surface area contributed by atoms with Gasteiger partial charge in [-0.3, -0.25) is 9.69 Å². The summed E-state index contributed by atoms with van der Waals surface area (Å²) in [5, 5.41) is 6.94. The van der Waals surface area contributed by atoms with Crippen molar-refractivity contribution in [1.29, 1.82) is 0 Å². The minimum absolute atomic E-state index is 0.309. The lowest BCUT2D eigenvalue weighted by Gasteiger charge is -2.36. The van der Waals surface area contributed by atoms with Crippen LogP contribution in [-0.4, -0.2) is 72.2 Å². The lowest BCUT2D eigenvalue weighted by molar-refractivity contribution is -0.111. The molecule has 9 nitrogen and oxygen atoms in total. The monoisotopic (exact) mass is 509 g/mol. The van der Waals surface area contributed by atoms with Gasteiger partial charge >= 0.3 is 0 Å². The molecule has 1 fully saturated rings. The van der Waals surface area contributed by atoms with Gasteiger partial charge in [0.1, 0.15) is 5.82 Å². The van der Waals surface area contributed by atoms with E-state index in [0.717, 1.165) is 61.5 Å². The third kappa shape index (κ3) is 5.96. The smallest absolute Gasteiger partial charge is 0.248 e. The fraction of sp³-hybridized carbons (Fsp3) is 0.241. The van der Waals surface area contributed by atoms with E-state index in [1.54, 1.807) is 19.4 Å². The Morgan fingerprint density at radius 3 is 2.58 bits per heavy atom. The Balaban J connectivity index is 1.31. The van der Waals surface area contributed by atoms with Crippen LogP contribution in [0.2, 0.25) is 0 Å². The van der Waals surface area contributed by atoms with E-state index in [1.807, 2.05) is 30.3 Å². The first-order valence-corrected chi connectivity index (χ1v) is 12.6. The molecule has 0 atom stereocenters. The maximum absolute atomic E-state index is 11.7. The molecule has 1 aliphatic rings. The molecule has 0 radical (unpaired) electrons. The number of pyridine rings is 1. The van der Waals surface area contributed by atoms with Crippen LogP contribution >= 0.6 is 0 Å². The van der Waals surface area contributed by atoms with Gasteiger partial charge in [-0.1, -0.05) is 30.8 Å². The highest BCUT2D eigenvalue weighted by molar-refractivity contribution is 5.98. The second-order valence-electron chi connectivity index (χ2n) is 9.03. The lowest BCUT2D eigenvalue weighted by Crippen LogP contribution is -2.47. The van der Waals surface area contributed by atoms with Crippen molar-refractivity contribution in [3.63, 3.8) is 0 Å². The average molecular weight is 510 g/mol. The van der Waals surface area contributed by atoms with Gasteiger partial charge in [0.2, 0.25) is 11.9 Å². The Kier molecular flexibility index (Phi) is 7.86. The minimum atomic E-state index is -0.309. The van der Waals surface area contributed by atoms with Crippen molar-refractivity contribution >= 4 is 40.0 Å². The number of piperazine rings is 1. The quantitative estimate of drug-likeness (QED) is 0.322. The molecule has 0 bridgehead atoms. The zero-order chi connectivity index (χ0) is 26.3. The minimum Gasteiger partial charge on any atom is -0.383 e. The third-order valence-corrected chi connectivity index (χ3v) is 6.55. The van der Waals surface area contributed by atoms with Gasteiger partial charge in [0.15, 0.2) is 0 Å². The van der Waals surface area contributed by atoms with Gasteiger partial charge < -0.3 is 20.3 Å². The molecule has 2 aromatic heterocycles. The van der Waals surface area contributed by atoms with E-state index in [2.05, 4.69) is 61.2 Å². The summed E-state index contributed by atoms with van der Waals surface area (Å²) in [7, 11) is 1.75. The first-order chi connectivity index (χ1) is 18.6. The molecule has 9 heteroatoms. The third-order valence-electron chi connectivity index (χ3n) is 6.55. The van der Waals surface area contributed by atoms with Gasteiger partial charge in [0, 0.05) is 68.4 Å². The molecule has 4 aromatic rings. The summed E-state index contributed by atoms with van der Waals surface area (Å²) < 4.78 is 5.20. The number of anilines is 4. The van der Waals surface area contributed by atoms with Crippen molar-refractivity contribution in [3.05, 3.63) is 79.5 Å². The Bertz CT molecular complexity index is 1420. The first-order valence-electron chi connectivity index (χ1n) is 12.6. The van der Waals surface area contributed by atoms with E-state index in [-0.39, 0.29) is 5.91 Å². The number of amides is 1. The van der Waals surface area contributed by atoms with Crippen LogP contribution in [0.15, 0.2) is 79.5 Å². The van der Waals surface area contributed by atoms with Crippen LogP contribution in [0.25, 0.3) is 22.2 Å². The number of hydrogen-bond donors (Lipinski definition) is 2. The van der Waals surface area contributed by atoms with Crippen LogP contribution in [0.1, 0.15) is 0 Å². The predicted molar refractivity (Wildman–Crippen MR) is 152 cm³/mol. The molecule has 38 heavy (non-hydrogen) atoms. The number of carbonyl (C=O) groups excluding carboxylic acids is 1. The number of rotatable bonds is 9. The number of nitrogens with one attached hydrogen (secondary N) is 2. The van der Waals surface area contributed by atoms with Crippen LogP contribution in [0.3, 0.4) is 0 Å². The second kappa shape index (κ2) is 11.8. The Hall–Kier alpha value is -4.34. The molecule has 2 N–H and O–H groups in total. The van der Waals surface area contributed by atoms with E-state index in [0.29, 0.717) is 17.5 Å². The van der Waals surface area contributed by atoms with Crippen LogP contribution in [-0.2, 0) is 9.53 Å². The van der Waals surface area contributed by atoms with Crippen molar-refractivity contribution in [1.82, 2.24) is 19.9 Å². The number of carbonyl (C=O) groups is 1. The fourth-order valence-corrected chi connectivity index (χ4v) is 4.49. The number of aromatic nitrogens is 3. The topological polar surface area (TPSA) is 95.5 Å². The van der Waals surface area contributed by atoms with Crippen molar-refractivity contribution in [2.45, 2.75) is 0 Å². The van der Waals surface area contributed by atoms with Crippen LogP contribution in [0, 0.1) is 0 Å². The molecule has 5 rings (SSSR count). The van der Waals surface area contributed by atoms with Crippen molar-refractivity contribution in [3.8, 4) is 11.3 Å². The maximum Gasteiger partial charge on any atom is 0.248 e. The molecule has 2 aromatic carbocycles. The summed E-state index contributed by atoms with van der Waals surface area (Å²) in [5.74, 6) is 0.644. The van der Waals surface area contributed by atoms with E-state index in [4.69, 9.17) is 9.72 Å². The van der Waals surface area contributed by atoms with E-state index >= 15 is 0 Å². The molecule has 194 valence electrons. The zero-order valence-corrected chi connectivity index (χ0v) is 21.4. The molecule has 1 aliphatic heterocycles. The Morgan fingerprint density at radius 2 is 1.82 bits per heavy atom. The van der Waals surface area contributed by atoms with Crippen LogP contribution in [0.4, 0.5) is 23.1 Å². The number of para-hydroxylation sites is 1. The summed E-state index contributed by atoms with van der Waals surface area (Å²) in [6, 6.07) is 19.7. The summed E-state index contributed by atoms with van der Waals surface area (Å²) in [6.07, 6.45) is 3.02. The second-order valence-corrected chi connectivity index (χ2v) is 9.03. The Morgan fingerprint density at radius 1 is 1.03 bits per heavy atom. The molecule has 3 heterocycles. The number of hydrogen-bond acceptors (Lipinski definition) is 8. The van der Waals surface area contributed by atoms with Gasteiger partial charge in [-0.05, 0) is 42.5 Å². The largest absolute Gasteiger partial charge is 0.383 e. The predicted octanol–water partition coefficient (Wildman–Crippen LogP) is 4.33. The highest BCUT2D eigenvalue weighted by Gasteiger charge is 2.17. The summed E-state index contributed by atoms with van der Waals surface area (Å²) in [5.41, 5.74) is 4.44. The molecule has 0 unspecified atom stereocenters. The van der Waals surface area contributed by atoms with Gasteiger partial charge in [-0.25, -0.2) is 15.0 Å². The number of ether oxygens (including phenoxy) is 1.